The number of rotatable bonds is 3. The van der Waals surface area contributed by atoms with E-state index >= 15 is 0 Å². The lowest BCUT2D eigenvalue weighted by molar-refractivity contribution is 0.459. The van der Waals surface area contributed by atoms with Crippen LogP contribution >= 0.6 is 0 Å². The van der Waals surface area contributed by atoms with Crippen molar-refractivity contribution in [3.05, 3.63) is 11.6 Å². The molecule has 0 radical (unpaired) electrons. The summed E-state index contributed by atoms with van der Waals surface area (Å²) < 4.78 is 2.82. The molecule has 0 fully saturated rings. The largest absolute Gasteiger partial charge is 0.343 e. The first-order chi connectivity index (χ1) is 7.16. The molecule has 0 spiro atoms. The zero-order chi connectivity index (χ0) is 12.6. The minimum absolute atomic E-state index is 0.605. The predicted molar refractivity (Wildman–Crippen MR) is 75.2 cm³/mol. The van der Waals surface area contributed by atoms with Gasteiger partial charge in [-0.1, -0.05) is 45.4 Å². The van der Waals surface area contributed by atoms with Gasteiger partial charge in [-0.25, -0.2) is 0 Å². The van der Waals surface area contributed by atoms with Crippen molar-refractivity contribution in [2.45, 2.75) is 58.2 Å². The highest BCUT2D eigenvalue weighted by atomic mass is 28.4. The summed E-state index contributed by atoms with van der Waals surface area (Å²) in [6, 6.07) is 2.92. The summed E-state index contributed by atoms with van der Waals surface area (Å²) >= 11 is 0. The summed E-state index contributed by atoms with van der Waals surface area (Å²) in [4.78, 5) is 0. The van der Waals surface area contributed by atoms with Crippen molar-refractivity contribution in [2.24, 2.45) is 0 Å². The molecule has 0 amide bonds. The van der Waals surface area contributed by atoms with Gasteiger partial charge in [0.1, 0.15) is 16.5 Å². The Morgan fingerprint density at radius 3 is 2.00 bits per heavy atom. The molecule has 1 unspecified atom stereocenters. The van der Waals surface area contributed by atoms with E-state index in [9.17, 15) is 0 Å². The molecule has 1 atom stereocenters. The van der Waals surface area contributed by atoms with Gasteiger partial charge >= 0.3 is 0 Å². The third-order valence-electron chi connectivity index (χ3n) is 3.05. The first-order valence-electron chi connectivity index (χ1n) is 6.05. The van der Waals surface area contributed by atoms with Crippen LogP contribution in [0.2, 0.25) is 39.3 Å². The number of nitriles is 1. The van der Waals surface area contributed by atoms with E-state index in [1.165, 1.54) is 0 Å². The van der Waals surface area contributed by atoms with E-state index in [0.717, 1.165) is 18.4 Å². The lowest BCUT2D eigenvalue weighted by Gasteiger charge is -2.47. The molecule has 0 saturated carbocycles. The molecule has 1 aliphatic rings. The summed E-state index contributed by atoms with van der Waals surface area (Å²) in [5, 5.41) is 8.96. The van der Waals surface area contributed by atoms with Crippen molar-refractivity contribution < 1.29 is 0 Å². The summed E-state index contributed by atoms with van der Waals surface area (Å²) in [5.74, 6) is 0. The second-order valence-corrected chi connectivity index (χ2v) is 16.7. The van der Waals surface area contributed by atoms with Crippen LogP contribution in [0.3, 0.4) is 0 Å². The van der Waals surface area contributed by atoms with Crippen LogP contribution in [-0.2, 0) is 0 Å². The van der Waals surface area contributed by atoms with Crippen molar-refractivity contribution in [1.29, 1.82) is 5.26 Å². The number of hydrogen-bond acceptors (Lipinski definition) is 2. The molecule has 0 heterocycles. The van der Waals surface area contributed by atoms with Crippen molar-refractivity contribution in [1.82, 2.24) is 4.23 Å². The Hall–Kier alpha value is -0.376. The van der Waals surface area contributed by atoms with Gasteiger partial charge in [0.05, 0.1) is 6.07 Å². The second kappa shape index (κ2) is 4.48. The fourth-order valence-electron chi connectivity index (χ4n) is 3.09. The van der Waals surface area contributed by atoms with Gasteiger partial charge in [0.2, 0.25) is 0 Å². The van der Waals surface area contributed by atoms with E-state index in [4.69, 9.17) is 5.26 Å². The van der Waals surface area contributed by atoms with Gasteiger partial charge in [-0.3, -0.25) is 0 Å². The SMILES string of the molecule is C[Si](C)(C)N(C1CC=C(C#N)C1)[Si](C)(C)C. The zero-order valence-corrected chi connectivity index (χ0v) is 13.5. The Kier molecular flexibility index (Phi) is 3.83. The van der Waals surface area contributed by atoms with Gasteiger partial charge in [-0.15, -0.1) is 0 Å². The van der Waals surface area contributed by atoms with Crippen molar-refractivity contribution >= 4 is 16.5 Å². The second-order valence-electron chi connectivity index (χ2n) is 6.65. The summed E-state index contributed by atoms with van der Waals surface area (Å²) in [5.41, 5.74) is 0.992. The average molecular weight is 253 g/mol. The fraction of sp³-hybridized carbons (Fsp3) is 0.750. The van der Waals surface area contributed by atoms with E-state index in [2.05, 4.69) is 55.7 Å². The Morgan fingerprint density at radius 2 is 1.69 bits per heavy atom. The van der Waals surface area contributed by atoms with Gasteiger partial charge in [-0.05, 0) is 12.8 Å². The number of hydrogen-bond donors (Lipinski definition) is 0. The van der Waals surface area contributed by atoms with Crippen LogP contribution in [0.15, 0.2) is 11.6 Å². The highest BCUT2D eigenvalue weighted by Crippen LogP contribution is 2.31. The van der Waals surface area contributed by atoms with Crippen LogP contribution in [0, 0.1) is 11.3 Å². The van der Waals surface area contributed by atoms with Gasteiger partial charge in [-0.2, -0.15) is 5.26 Å². The molecule has 0 N–H and O–H groups in total. The maximum Gasteiger partial charge on any atom is 0.112 e. The van der Waals surface area contributed by atoms with E-state index in [0.29, 0.717) is 6.04 Å². The molecule has 2 nitrogen and oxygen atoms in total. The quantitative estimate of drug-likeness (QED) is 0.718. The lowest BCUT2D eigenvalue weighted by Crippen LogP contribution is -2.62. The smallest absolute Gasteiger partial charge is 0.112 e. The first-order valence-corrected chi connectivity index (χ1v) is 12.9. The molecule has 90 valence electrons. The zero-order valence-electron chi connectivity index (χ0n) is 11.5. The normalized spacial score (nSPS) is 22.1. The molecule has 0 aromatic carbocycles. The maximum absolute atomic E-state index is 8.96. The minimum atomic E-state index is -1.28. The summed E-state index contributed by atoms with van der Waals surface area (Å²) in [7, 11) is -2.55. The third-order valence-corrected chi connectivity index (χ3v) is 10.7. The maximum atomic E-state index is 8.96. The van der Waals surface area contributed by atoms with Gasteiger partial charge in [0, 0.05) is 11.6 Å². The minimum Gasteiger partial charge on any atom is -0.343 e. The Bertz CT molecular complexity index is 314. The Labute approximate surface area is 102 Å². The van der Waals surface area contributed by atoms with E-state index < -0.39 is 16.5 Å². The topological polar surface area (TPSA) is 27.0 Å². The van der Waals surface area contributed by atoms with E-state index in [1.807, 2.05) is 0 Å². The standard InChI is InChI=1S/C12H24N2Si2/c1-15(2,3)14(16(4,5)6)12-8-7-11(9-12)10-13/h7,12H,8-9H2,1-6H3. The van der Waals surface area contributed by atoms with Crippen LogP contribution in [-0.4, -0.2) is 26.7 Å². The monoisotopic (exact) mass is 252 g/mol. The molecule has 1 rings (SSSR count). The molecule has 0 aromatic rings. The highest BCUT2D eigenvalue weighted by Gasteiger charge is 2.40. The molecule has 0 saturated heterocycles. The van der Waals surface area contributed by atoms with Crippen molar-refractivity contribution in [3.63, 3.8) is 0 Å². The molecule has 0 aromatic heterocycles. The summed E-state index contributed by atoms with van der Waals surface area (Å²) in [6.07, 6.45) is 4.19. The van der Waals surface area contributed by atoms with Crippen molar-refractivity contribution in [2.75, 3.05) is 0 Å². The fourth-order valence-corrected chi connectivity index (χ4v) is 13.7. The molecular formula is C12H24N2Si2. The Morgan fingerprint density at radius 1 is 1.19 bits per heavy atom. The Balaban J connectivity index is 2.87. The van der Waals surface area contributed by atoms with Gasteiger partial charge in [0.15, 0.2) is 0 Å². The van der Waals surface area contributed by atoms with Crippen LogP contribution in [0.1, 0.15) is 12.8 Å². The van der Waals surface area contributed by atoms with Crippen LogP contribution in [0.5, 0.6) is 0 Å². The van der Waals surface area contributed by atoms with Gasteiger partial charge in [0.25, 0.3) is 0 Å². The third kappa shape index (κ3) is 3.06. The molecule has 1 aliphatic carbocycles. The molecule has 0 aliphatic heterocycles. The number of nitrogens with zero attached hydrogens (tertiary/aromatic N) is 2. The van der Waals surface area contributed by atoms with Gasteiger partial charge < -0.3 is 4.23 Å². The average Bonchev–Trinajstić information content (AvgIpc) is 2.47. The van der Waals surface area contributed by atoms with Crippen LogP contribution in [0.4, 0.5) is 0 Å². The van der Waals surface area contributed by atoms with E-state index in [-0.39, 0.29) is 0 Å². The summed E-state index contributed by atoms with van der Waals surface area (Å²) in [6.45, 7) is 14.6. The van der Waals surface area contributed by atoms with Crippen LogP contribution in [0.25, 0.3) is 0 Å². The lowest BCUT2D eigenvalue weighted by atomic mass is 10.2. The predicted octanol–water partition coefficient (Wildman–Crippen LogP) is 3.57. The molecule has 4 heteroatoms. The van der Waals surface area contributed by atoms with E-state index in [1.54, 1.807) is 0 Å². The van der Waals surface area contributed by atoms with Crippen LogP contribution < -0.4 is 0 Å². The highest BCUT2D eigenvalue weighted by molar-refractivity contribution is 6.89. The molecular weight excluding hydrogens is 228 g/mol. The molecule has 16 heavy (non-hydrogen) atoms. The van der Waals surface area contributed by atoms with Crippen molar-refractivity contribution in [3.8, 4) is 6.07 Å². The molecule has 0 bridgehead atoms. The first kappa shape index (κ1) is 13.7.